The number of carbonyl (C=O) groups is 1. The van der Waals surface area contributed by atoms with Gasteiger partial charge in [-0.25, -0.2) is 9.97 Å². The molecule has 0 bridgehead atoms. The molecule has 0 radical (unpaired) electrons. The van der Waals surface area contributed by atoms with Gasteiger partial charge < -0.3 is 73.6 Å². The van der Waals surface area contributed by atoms with E-state index in [0.29, 0.717) is 19.6 Å². The van der Waals surface area contributed by atoms with Crippen LogP contribution >= 0.6 is 11.6 Å². The number of guanidine groups is 1. The maximum Gasteiger partial charge on any atom is 0.280 e. The number of aliphatic hydroxyl groups excluding tert-OH is 10. The third-order valence-electron chi connectivity index (χ3n) is 9.72. The molecule has 3 aromatic rings. The summed E-state index contributed by atoms with van der Waals surface area (Å²) in [7, 11) is 0. The molecule has 20 nitrogen and oxygen atoms in total. The molecular weight excluding hydrogens is 806 g/mol. The van der Waals surface area contributed by atoms with Crippen LogP contribution in [-0.2, 0) is 12.8 Å². The predicted molar refractivity (Wildman–Crippen MR) is 224 cm³/mol. The Morgan fingerprint density at radius 1 is 0.683 bits per heavy atom. The molecule has 334 valence electrons. The van der Waals surface area contributed by atoms with Crippen LogP contribution in [0.3, 0.4) is 0 Å². The monoisotopic (exact) mass is 865 g/mol. The summed E-state index contributed by atoms with van der Waals surface area (Å²) in [6, 6.07) is 16.6. The zero-order valence-electron chi connectivity index (χ0n) is 33.2. The molecule has 60 heavy (non-hydrogen) atoms. The summed E-state index contributed by atoms with van der Waals surface area (Å²) < 4.78 is 0. The topological polar surface area (TPSA) is 363 Å². The molecule has 1 amide bonds. The zero-order valence-corrected chi connectivity index (χ0v) is 34.0. The van der Waals surface area contributed by atoms with E-state index in [2.05, 4.69) is 74.1 Å². The lowest BCUT2D eigenvalue weighted by Gasteiger charge is -2.33. The van der Waals surface area contributed by atoms with Crippen molar-refractivity contribution in [2.45, 2.75) is 80.9 Å². The summed E-state index contributed by atoms with van der Waals surface area (Å²) in [5, 5.41) is 105. The van der Waals surface area contributed by atoms with Gasteiger partial charge >= 0.3 is 0 Å². The fraction of sp³-hybridized carbons (Fsp3) is 0.538. The smallest absolute Gasteiger partial charge is 0.280 e. The fourth-order valence-corrected chi connectivity index (χ4v) is 6.23. The number of unbranched alkanes of at least 4 members (excludes halogenated alkanes) is 1. The number of rotatable bonds is 26. The van der Waals surface area contributed by atoms with Gasteiger partial charge in [0, 0.05) is 32.7 Å². The first-order chi connectivity index (χ1) is 28.6. The molecule has 0 fully saturated rings. The van der Waals surface area contributed by atoms with Crippen molar-refractivity contribution in [3.63, 3.8) is 0 Å². The molecule has 18 N–H and O–H groups in total. The number of benzene rings is 2. The lowest BCUT2D eigenvalue weighted by molar-refractivity contribution is -0.130. The van der Waals surface area contributed by atoms with Crippen molar-refractivity contribution in [2.75, 3.05) is 63.9 Å². The molecule has 0 saturated heterocycles. The highest BCUT2D eigenvalue weighted by atomic mass is 35.5. The largest absolute Gasteiger partial charge is 0.394 e. The van der Waals surface area contributed by atoms with Gasteiger partial charge in [-0.05, 0) is 60.9 Å². The Balaban J connectivity index is 1.41. The molecule has 21 heteroatoms. The number of aliphatic hydroxyl groups is 10. The molecule has 3 rings (SSSR count). The first kappa shape index (κ1) is 50.2. The standard InChI is InChI=1S/C39H60ClN9O11/c40-35-37(42)47-36(41)30(46-35)38(60)48-39(43)45-15-2-1-4-22-6-10-24(11-7-22)25-12-8-23(9-13-25)5-3-14-44-16-17-49(18-26(52)31(56)33(58)28(54)20-50)19-27(53)32(57)34(59)29(55)21-51/h6-13,26-29,31-34,44,50-59H,1-5,14-21H2,(H4,41,42,47)(H3,43,45,48,60)/t26-,27-,28+,29+,31+,32+,33+,34+/m0/s1. The number of hydrogen-bond donors (Lipinski definition) is 15. The zero-order chi connectivity index (χ0) is 44.4. The average molecular weight is 866 g/mol. The van der Waals surface area contributed by atoms with Gasteiger partial charge in [0.25, 0.3) is 5.91 Å². The van der Waals surface area contributed by atoms with Crippen LogP contribution in [0.2, 0.25) is 5.15 Å². The molecule has 0 aliphatic heterocycles. The Hall–Kier alpha value is -4.13. The van der Waals surface area contributed by atoms with E-state index < -0.39 is 68.0 Å². The number of aliphatic imine (C=N–C) groups is 1. The third kappa shape index (κ3) is 16.0. The second-order valence-electron chi connectivity index (χ2n) is 14.4. The van der Waals surface area contributed by atoms with Crippen LogP contribution in [0.25, 0.3) is 11.1 Å². The van der Waals surface area contributed by atoms with E-state index >= 15 is 0 Å². The van der Waals surface area contributed by atoms with E-state index in [4.69, 9.17) is 39.0 Å². The summed E-state index contributed by atoms with van der Waals surface area (Å²) >= 11 is 5.83. The van der Waals surface area contributed by atoms with Crippen LogP contribution in [-0.4, -0.2) is 179 Å². The van der Waals surface area contributed by atoms with Gasteiger partial charge in [-0.3, -0.25) is 20.0 Å². The van der Waals surface area contributed by atoms with Gasteiger partial charge in [-0.15, -0.1) is 0 Å². The van der Waals surface area contributed by atoms with Crippen molar-refractivity contribution in [3.05, 3.63) is 70.5 Å². The summed E-state index contributed by atoms with van der Waals surface area (Å²) in [6.45, 7) is -0.820. The van der Waals surface area contributed by atoms with Gasteiger partial charge in [0.1, 0.15) is 36.6 Å². The van der Waals surface area contributed by atoms with Crippen LogP contribution in [0, 0.1) is 0 Å². The summed E-state index contributed by atoms with van der Waals surface area (Å²) in [4.78, 5) is 25.6. The van der Waals surface area contributed by atoms with Crippen molar-refractivity contribution >= 4 is 35.1 Å². The number of nitrogen functional groups attached to an aromatic ring is 2. The summed E-state index contributed by atoms with van der Waals surface area (Å²) in [6.07, 6.45) is -10.1. The Morgan fingerprint density at radius 2 is 1.17 bits per heavy atom. The minimum Gasteiger partial charge on any atom is -0.394 e. The highest BCUT2D eigenvalue weighted by Crippen LogP contribution is 2.22. The van der Waals surface area contributed by atoms with Crippen molar-refractivity contribution in [1.82, 2.24) is 25.5 Å². The van der Waals surface area contributed by atoms with Crippen molar-refractivity contribution < 1.29 is 55.9 Å². The van der Waals surface area contributed by atoms with Crippen molar-refractivity contribution in [1.29, 1.82) is 0 Å². The number of aromatic nitrogens is 2. The number of hydrogen-bond acceptors (Lipinski definition) is 18. The number of nitrogens with zero attached hydrogens (tertiary/aromatic N) is 4. The maximum absolute atomic E-state index is 12.4. The molecule has 0 spiro atoms. The van der Waals surface area contributed by atoms with Crippen LogP contribution in [0.15, 0.2) is 53.5 Å². The molecule has 0 aliphatic rings. The van der Waals surface area contributed by atoms with E-state index in [-0.39, 0.29) is 48.1 Å². The first-order valence-corrected chi connectivity index (χ1v) is 19.9. The quantitative estimate of drug-likeness (QED) is 0.0214. The molecule has 1 heterocycles. The van der Waals surface area contributed by atoms with E-state index in [0.717, 1.165) is 48.8 Å². The molecule has 0 aliphatic carbocycles. The van der Waals surface area contributed by atoms with Gasteiger partial charge in [0.2, 0.25) is 0 Å². The Morgan fingerprint density at radius 3 is 1.67 bits per heavy atom. The van der Waals surface area contributed by atoms with E-state index in [1.165, 1.54) is 10.5 Å². The first-order valence-electron chi connectivity index (χ1n) is 19.5. The molecule has 0 saturated carbocycles. The number of carbonyl (C=O) groups excluding carboxylic acids is 1. The molecule has 0 unspecified atom stereocenters. The van der Waals surface area contributed by atoms with Gasteiger partial charge in [0.05, 0.1) is 25.4 Å². The number of amides is 1. The van der Waals surface area contributed by atoms with E-state index in [1.807, 2.05) is 0 Å². The average Bonchev–Trinajstić information content (AvgIpc) is 3.24. The third-order valence-corrected chi connectivity index (χ3v) is 10.0. The minimum absolute atomic E-state index is 0.0797. The maximum atomic E-state index is 12.4. The lowest BCUT2D eigenvalue weighted by atomic mass is 9.99. The SMILES string of the molecule is NC(=NCCCCc1ccc(-c2ccc(CCCNCCN(C[C@H](O)[C@@H](O)[C@H](O)[C@H](O)CO)C[C@H](O)[C@@H](O)[C@H](O)[C@H](O)CO)cc2)cc1)NC(=O)c1nc(Cl)c(N)nc1N. The summed E-state index contributed by atoms with van der Waals surface area (Å²) in [5.41, 5.74) is 21.3. The second-order valence-corrected chi connectivity index (χ2v) is 14.8. The minimum atomic E-state index is -1.86. The van der Waals surface area contributed by atoms with E-state index in [9.17, 15) is 45.6 Å². The Kier molecular flexibility index (Phi) is 21.4. The number of halogens is 1. The number of nitrogens with one attached hydrogen (secondary N) is 2. The molecule has 8 atom stereocenters. The van der Waals surface area contributed by atoms with E-state index in [1.54, 1.807) is 0 Å². The van der Waals surface area contributed by atoms with Crippen molar-refractivity contribution in [3.8, 4) is 11.1 Å². The fourth-order valence-electron chi connectivity index (χ4n) is 6.10. The molecule has 2 aromatic carbocycles. The summed E-state index contributed by atoms with van der Waals surface area (Å²) in [5.74, 6) is -1.04. The van der Waals surface area contributed by atoms with Gasteiger partial charge in [-0.1, -0.05) is 60.1 Å². The van der Waals surface area contributed by atoms with Crippen LogP contribution in [0.5, 0.6) is 0 Å². The number of nitrogens with two attached hydrogens (primary N) is 3. The number of aryl methyl sites for hydroxylation is 2. The highest BCUT2D eigenvalue weighted by Gasteiger charge is 2.34. The number of anilines is 2. The lowest BCUT2D eigenvalue weighted by Crippen LogP contribution is -2.54. The Labute approximate surface area is 353 Å². The highest BCUT2D eigenvalue weighted by molar-refractivity contribution is 6.31. The van der Waals surface area contributed by atoms with Gasteiger partial charge in [0.15, 0.2) is 28.4 Å². The second kappa shape index (κ2) is 25.6. The van der Waals surface area contributed by atoms with Gasteiger partial charge in [-0.2, -0.15) is 0 Å². The molecular formula is C39H60ClN9O11. The normalized spacial score (nSPS) is 16.2. The molecule has 1 aromatic heterocycles. The van der Waals surface area contributed by atoms with Crippen LogP contribution in [0.4, 0.5) is 11.6 Å². The predicted octanol–water partition coefficient (Wildman–Crippen LogP) is -3.28. The Bertz CT molecular complexity index is 1730. The van der Waals surface area contributed by atoms with Crippen molar-refractivity contribution in [2.24, 2.45) is 10.7 Å². The van der Waals surface area contributed by atoms with Crippen LogP contribution < -0.4 is 27.8 Å². The van der Waals surface area contributed by atoms with Crippen LogP contribution in [0.1, 0.15) is 40.9 Å².